The Labute approximate surface area is 204 Å². The lowest BCUT2D eigenvalue weighted by atomic mass is 9.75. The van der Waals surface area contributed by atoms with E-state index in [0.29, 0.717) is 11.8 Å². The van der Waals surface area contributed by atoms with Crippen LogP contribution in [0.2, 0.25) is 0 Å². The van der Waals surface area contributed by atoms with E-state index in [4.69, 9.17) is 9.47 Å². The second-order valence-electron chi connectivity index (χ2n) is 9.25. The molecule has 0 spiro atoms. The van der Waals surface area contributed by atoms with Crippen molar-refractivity contribution in [3.63, 3.8) is 0 Å². The molecule has 3 rings (SSSR count). The number of anilines is 1. The number of nitrogens with one attached hydrogen (secondary N) is 1. The van der Waals surface area contributed by atoms with E-state index in [1.165, 1.54) is 36.4 Å². The summed E-state index contributed by atoms with van der Waals surface area (Å²) in [5, 5.41) is 13.3. The number of hydrogen-bond acceptors (Lipinski definition) is 7. The number of carbonyl (C=O) groups is 3. The summed E-state index contributed by atoms with van der Waals surface area (Å²) in [7, 11) is 0. The number of nitro groups is 1. The molecule has 2 aromatic carbocycles. The predicted octanol–water partition coefficient (Wildman–Crippen LogP) is 5.01. The first-order valence-electron chi connectivity index (χ1n) is 11.7. The molecular weight excluding hydrogens is 452 g/mol. The van der Waals surface area contributed by atoms with Gasteiger partial charge in [-0.25, -0.2) is 9.59 Å². The van der Waals surface area contributed by atoms with Gasteiger partial charge in [0, 0.05) is 17.8 Å². The summed E-state index contributed by atoms with van der Waals surface area (Å²) >= 11 is 0. The molecule has 186 valence electrons. The van der Waals surface area contributed by atoms with Crippen LogP contribution in [0.3, 0.4) is 0 Å². The lowest BCUT2D eigenvalue weighted by molar-refractivity contribution is -0.384. The maximum atomic E-state index is 13.0. The molecule has 35 heavy (non-hydrogen) atoms. The minimum Gasteiger partial charge on any atom is -0.458 e. The number of rotatable bonds is 8. The summed E-state index contributed by atoms with van der Waals surface area (Å²) in [5.41, 5.74) is 0.105. The van der Waals surface area contributed by atoms with E-state index >= 15 is 0 Å². The molecule has 2 aromatic rings. The molecule has 0 heterocycles. The van der Waals surface area contributed by atoms with Gasteiger partial charge in [0.25, 0.3) is 11.6 Å². The average molecular weight is 483 g/mol. The third-order valence-corrected chi connectivity index (χ3v) is 6.26. The third-order valence-electron chi connectivity index (χ3n) is 6.26. The summed E-state index contributed by atoms with van der Waals surface area (Å²) in [6.45, 7) is 5.75. The van der Waals surface area contributed by atoms with E-state index in [1.807, 2.05) is 0 Å². The average Bonchev–Trinajstić information content (AvgIpc) is 2.82. The summed E-state index contributed by atoms with van der Waals surface area (Å²) < 4.78 is 11.0. The van der Waals surface area contributed by atoms with Crippen LogP contribution in [0.25, 0.3) is 0 Å². The van der Waals surface area contributed by atoms with Gasteiger partial charge in [-0.2, -0.15) is 0 Å². The lowest BCUT2D eigenvalue weighted by Crippen LogP contribution is -2.36. The van der Waals surface area contributed by atoms with Crippen molar-refractivity contribution in [2.75, 3.05) is 11.9 Å². The van der Waals surface area contributed by atoms with Crippen molar-refractivity contribution >= 4 is 29.2 Å². The van der Waals surface area contributed by atoms with Crippen LogP contribution in [0.1, 0.15) is 60.7 Å². The number of ether oxygens (including phenoxy) is 2. The fourth-order valence-corrected chi connectivity index (χ4v) is 4.39. The maximum absolute atomic E-state index is 13.0. The van der Waals surface area contributed by atoms with Crippen LogP contribution in [-0.2, 0) is 14.3 Å². The second-order valence-corrected chi connectivity index (χ2v) is 9.25. The molecule has 9 heteroatoms. The largest absolute Gasteiger partial charge is 0.458 e. The molecule has 1 amide bonds. The molecule has 0 radical (unpaired) electrons. The molecule has 1 aliphatic rings. The van der Waals surface area contributed by atoms with Gasteiger partial charge in [-0.3, -0.25) is 14.9 Å². The number of esters is 2. The molecule has 1 aliphatic carbocycles. The quantitative estimate of drug-likeness (QED) is 0.318. The molecule has 0 unspecified atom stereocenters. The van der Waals surface area contributed by atoms with Gasteiger partial charge in [-0.15, -0.1) is 0 Å². The summed E-state index contributed by atoms with van der Waals surface area (Å²) in [6, 6.07) is 11.6. The molecule has 0 bridgehead atoms. The van der Waals surface area contributed by atoms with Gasteiger partial charge in [0.1, 0.15) is 6.10 Å². The van der Waals surface area contributed by atoms with Crippen LogP contribution >= 0.6 is 0 Å². The number of non-ortho nitro benzene ring substituents is 1. The molecule has 1 N–H and O–H groups in total. The Kier molecular flexibility index (Phi) is 8.57. The Hall–Kier alpha value is -3.75. The van der Waals surface area contributed by atoms with Crippen LogP contribution in [0.4, 0.5) is 11.4 Å². The van der Waals surface area contributed by atoms with Crippen LogP contribution < -0.4 is 5.32 Å². The highest BCUT2D eigenvalue weighted by Crippen LogP contribution is 2.36. The number of amides is 1. The van der Waals surface area contributed by atoms with E-state index in [-0.39, 0.29) is 34.5 Å². The number of benzene rings is 2. The highest BCUT2D eigenvalue weighted by Gasteiger charge is 2.34. The van der Waals surface area contributed by atoms with Crippen molar-refractivity contribution < 1.29 is 28.8 Å². The molecular formula is C26H30N2O7. The van der Waals surface area contributed by atoms with Gasteiger partial charge in [0.2, 0.25) is 0 Å². The lowest BCUT2D eigenvalue weighted by Gasteiger charge is -2.36. The van der Waals surface area contributed by atoms with E-state index in [2.05, 4.69) is 26.1 Å². The van der Waals surface area contributed by atoms with Crippen molar-refractivity contribution in [1.29, 1.82) is 0 Å². The van der Waals surface area contributed by atoms with Crippen molar-refractivity contribution in [2.45, 2.75) is 46.1 Å². The second kappa shape index (κ2) is 11.6. The Morgan fingerprint density at radius 2 is 1.74 bits per heavy atom. The molecule has 0 aromatic heterocycles. The van der Waals surface area contributed by atoms with Crippen molar-refractivity contribution in [3.05, 3.63) is 69.8 Å². The highest BCUT2D eigenvalue weighted by atomic mass is 16.6. The van der Waals surface area contributed by atoms with Crippen molar-refractivity contribution in [2.24, 2.45) is 17.8 Å². The minimum absolute atomic E-state index is 0.00519. The normalized spacial score (nSPS) is 19.6. The standard InChI is InChI=1S/C26H30N2O7/c1-16(2)20-12-11-17(3)13-23(20)35-26(31)22-10-5-4-9-21(22)25(30)34-15-24(29)27-18-7-6-8-19(14-18)28(32)33/h4-10,14,16-17,20,23H,11-13,15H2,1-3H3,(H,27,29)/t17-,20+,23-/m1/s1. The zero-order valence-electron chi connectivity index (χ0n) is 20.1. The smallest absolute Gasteiger partial charge is 0.339 e. The molecule has 1 fully saturated rings. The topological polar surface area (TPSA) is 125 Å². The summed E-state index contributed by atoms with van der Waals surface area (Å²) in [5.74, 6) is -1.04. The number of nitrogens with zero attached hydrogens (tertiary/aromatic N) is 1. The minimum atomic E-state index is -0.843. The zero-order chi connectivity index (χ0) is 25.5. The Bertz CT molecular complexity index is 1100. The van der Waals surface area contributed by atoms with Crippen molar-refractivity contribution in [1.82, 2.24) is 0 Å². The first kappa shape index (κ1) is 25.9. The van der Waals surface area contributed by atoms with E-state index in [9.17, 15) is 24.5 Å². The molecule has 0 saturated heterocycles. The SMILES string of the molecule is CC(C)[C@@H]1CC[C@@H](C)C[C@H]1OC(=O)c1ccccc1C(=O)OCC(=O)Nc1cccc([N+](=O)[O-])c1. The van der Waals surface area contributed by atoms with Crippen LogP contribution in [-0.4, -0.2) is 35.5 Å². The first-order valence-corrected chi connectivity index (χ1v) is 11.7. The first-order chi connectivity index (χ1) is 16.7. The van der Waals surface area contributed by atoms with Gasteiger partial charge >= 0.3 is 11.9 Å². The monoisotopic (exact) mass is 482 g/mol. The fraction of sp³-hybridized carbons (Fsp3) is 0.423. The van der Waals surface area contributed by atoms with E-state index in [0.717, 1.165) is 19.3 Å². The number of carbonyl (C=O) groups excluding carboxylic acids is 3. The predicted molar refractivity (Wildman–Crippen MR) is 129 cm³/mol. The summed E-state index contributed by atoms with van der Waals surface area (Å²) in [4.78, 5) is 48.2. The van der Waals surface area contributed by atoms with Crippen LogP contribution in [0.5, 0.6) is 0 Å². The maximum Gasteiger partial charge on any atom is 0.339 e. The van der Waals surface area contributed by atoms with E-state index in [1.54, 1.807) is 12.1 Å². The van der Waals surface area contributed by atoms with Gasteiger partial charge in [-0.05, 0) is 48.8 Å². The van der Waals surface area contributed by atoms with E-state index < -0.39 is 29.4 Å². The summed E-state index contributed by atoms with van der Waals surface area (Å²) in [6.07, 6.45) is 2.63. The van der Waals surface area contributed by atoms with Gasteiger partial charge in [0.05, 0.1) is 16.1 Å². The molecule has 0 aliphatic heterocycles. The Balaban J connectivity index is 1.64. The Morgan fingerprint density at radius 3 is 2.40 bits per heavy atom. The molecule has 3 atom stereocenters. The Morgan fingerprint density at radius 1 is 1.06 bits per heavy atom. The highest BCUT2D eigenvalue weighted by molar-refractivity contribution is 6.04. The number of nitro benzene ring substituents is 1. The van der Waals surface area contributed by atoms with Crippen molar-refractivity contribution in [3.8, 4) is 0 Å². The fourth-order valence-electron chi connectivity index (χ4n) is 4.39. The molecule has 9 nitrogen and oxygen atoms in total. The third kappa shape index (κ3) is 6.88. The molecule has 1 saturated carbocycles. The zero-order valence-corrected chi connectivity index (χ0v) is 20.1. The van der Waals surface area contributed by atoms with Gasteiger partial charge in [-0.1, -0.05) is 45.4 Å². The van der Waals surface area contributed by atoms with Gasteiger partial charge in [0.15, 0.2) is 6.61 Å². The number of hydrogen-bond donors (Lipinski definition) is 1. The van der Waals surface area contributed by atoms with Crippen LogP contribution in [0, 0.1) is 27.9 Å². The van der Waals surface area contributed by atoms with Gasteiger partial charge < -0.3 is 14.8 Å². The van der Waals surface area contributed by atoms with Crippen LogP contribution in [0.15, 0.2) is 48.5 Å².